The minimum atomic E-state index is -0.220. The van der Waals surface area contributed by atoms with Crippen LogP contribution in [-0.2, 0) is 13.0 Å². The molecule has 27 heavy (non-hydrogen) atoms. The summed E-state index contributed by atoms with van der Waals surface area (Å²) in [4.78, 5) is 4.90. The Morgan fingerprint density at radius 2 is 1.52 bits per heavy atom. The third-order valence-corrected chi connectivity index (χ3v) is 5.04. The van der Waals surface area contributed by atoms with Gasteiger partial charge >= 0.3 is 0 Å². The minimum Gasteiger partial charge on any atom is -0.399 e. The molecule has 0 saturated heterocycles. The van der Waals surface area contributed by atoms with Gasteiger partial charge in [-0.05, 0) is 72.5 Å². The maximum atomic E-state index is 13.3. The van der Waals surface area contributed by atoms with Crippen LogP contribution >= 0.6 is 0 Å². The lowest BCUT2D eigenvalue weighted by Gasteiger charge is -2.11. The van der Waals surface area contributed by atoms with E-state index in [0.29, 0.717) is 13.0 Å². The first-order chi connectivity index (χ1) is 13.0. The van der Waals surface area contributed by atoms with Crippen LogP contribution in [0.2, 0.25) is 0 Å². The smallest absolute Gasteiger partial charge is 0.123 e. The zero-order chi connectivity index (χ0) is 19.0. The van der Waals surface area contributed by atoms with E-state index in [4.69, 9.17) is 10.7 Å². The molecule has 4 heteroatoms. The van der Waals surface area contributed by atoms with Gasteiger partial charge in [-0.25, -0.2) is 9.37 Å². The van der Waals surface area contributed by atoms with Crippen molar-refractivity contribution < 1.29 is 4.39 Å². The van der Waals surface area contributed by atoms with E-state index in [1.807, 2.05) is 36.4 Å². The molecule has 136 valence electrons. The number of rotatable bonds is 4. The number of nitrogens with zero attached hydrogens (tertiary/aromatic N) is 2. The molecule has 4 aromatic rings. The summed E-state index contributed by atoms with van der Waals surface area (Å²) in [5.41, 5.74) is 13.3. The largest absolute Gasteiger partial charge is 0.399 e. The van der Waals surface area contributed by atoms with E-state index in [-0.39, 0.29) is 5.82 Å². The molecule has 0 saturated carbocycles. The van der Waals surface area contributed by atoms with Crippen LogP contribution in [-0.4, -0.2) is 9.55 Å². The van der Waals surface area contributed by atoms with E-state index in [1.165, 1.54) is 23.3 Å². The SMILES string of the molecule is Cc1cc2nc(Cc3ccc(N)cc3)n(Cc3ccc(F)cc3)c2cc1C. The summed E-state index contributed by atoms with van der Waals surface area (Å²) < 4.78 is 15.5. The number of aryl methyl sites for hydroxylation is 2. The molecule has 4 rings (SSSR count). The van der Waals surface area contributed by atoms with Gasteiger partial charge in [-0.15, -0.1) is 0 Å². The van der Waals surface area contributed by atoms with Gasteiger partial charge in [0.1, 0.15) is 11.6 Å². The highest BCUT2D eigenvalue weighted by Crippen LogP contribution is 2.24. The number of hydrogen-bond acceptors (Lipinski definition) is 2. The van der Waals surface area contributed by atoms with E-state index in [2.05, 4.69) is 30.5 Å². The van der Waals surface area contributed by atoms with E-state index in [0.717, 1.165) is 33.7 Å². The van der Waals surface area contributed by atoms with Crippen LogP contribution in [0.15, 0.2) is 60.7 Å². The molecule has 0 aliphatic heterocycles. The van der Waals surface area contributed by atoms with E-state index >= 15 is 0 Å². The lowest BCUT2D eigenvalue weighted by atomic mass is 10.1. The lowest BCUT2D eigenvalue weighted by molar-refractivity contribution is 0.626. The predicted molar refractivity (Wildman–Crippen MR) is 108 cm³/mol. The Bertz CT molecular complexity index is 1090. The quantitative estimate of drug-likeness (QED) is 0.520. The van der Waals surface area contributed by atoms with Crippen molar-refractivity contribution in [2.75, 3.05) is 5.73 Å². The lowest BCUT2D eigenvalue weighted by Crippen LogP contribution is -2.06. The summed E-state index contributed by atoms with van der Waals surface area (Å²) >= 11 is 0. The number of benzene rings is 3. The maximum absolute atomic E-state index is 13.3. The van der Waals surface area contributed by atoms with Gasteiger partial charge < -0.3 is 10.3 Å². The molecule has 3 aromatic carbocycles. The second-order valence-corrected chi connectivity index (χ2v) is 7.08. The van der Waals surface area contributed by atoms with Gasteiger partial charge in [0.2, 0.25) is 0 Å². The van der Waals surface area contributed by atoms with Crippen molar-refractivity contribution in [1.29, 1.82) is 0 Å². The van der Waals surface area contributed by atoms with Crippen LogP contribution in [0.4, 0.5) is 10.1 Å². The van der Waals surface area contributed by atoms with Crippen molar-refractivity contribution >= 4 is 16.7 Å². The van der Waals surface area contributed by atoms with Crippen LogP contribution in [0.25, 0.3) is 11.0 Å². The first-order valence-electron chi connectivity index (χ1n) is 9.05. The van der Waals surface area contributed by atoms with Crippen LogP contribution in [0.1, 0.15) is 28.1 Å². The summed E-state index contributed by atoms with van der Waals surface area (Å²) in [7, 11) is 0. The van der Waals surface area contributed by atoms with Crippen molar-refractivity contribution in [2.24, 2.45) is 0 Å². The summed E-state index contributed by atoms with van der Waals surface area (Å²) in [6, 6.07) is 18.9. The maximum Gasteiger partial charge on any atom is 0.123 e. The molecule has 3 nitrogen and oxygen atoms in total. The van der Waals surface area contributed by atoms with Gasteiger partial charge in [0, 0.05) is 18.7 Å². The summed E-state index contributed by atoms with van der Waals surface area (Å²) in [5.74, 6) is 0.770. The van der Waals surface area contributed by atoms with Crippen molar-refractivity contribution in [3.8, 4) is 0 Å². The van der Waals surface area contributed by atoms with Crippen LogP contribution < -0.4 is 5.73 Å². The summed E-state index contributed by atoms with van der Waals surface area (Å²) in [6.45, 7) is 4.88. The van der Waals surface area contributed by atoms with Crippen molar-refractivity contribution in [1.82, 2.24) is 9.55 Å². The molecule has 0 aliphatic carbocycles. The molecule has 0 spiro atoms. The molecular weight excluding hydrogens is 337 g/mol. The molecule has 0 bridgehead atoms. The Morgan fingerprint density at radius 3 is 2.22 bits per heavy atom. The number of anilines is 1. The Kier molecular flexibility index (Phi) is 4.40. The van der Waals surface area contributed by atoms with Crippen molar-refractivity contribution in [3.63, 3.8) is 0 Å². The van der Waals surface area contributed by atoms with Gasteiger partial charge in [-0.1, -0.05) is 24.3 Å². The average molecular weight is 359 g/mol. The zero-order valence-corrected chi connectivity index (χ0v) is 15.5. The fraction of sp³-hybridized carbons (Fsp3) is 0.174. The summed E-state index contributed by atoms with van der Waals surface area (Å²) in [5, 5.41) is 0. The molecule has 0 radical (unpaired) electrons. The molecule has 0 aliphatic rings. The number of halogens is 1. The van der Waals surface area contributed by atoms with Crippen LogP contribution in [0.3, 0.4) is 0 Å². The van der Waals surface area contributed by atoms with Crippen LogP contribution in [0, 0.1) is 19.7 Å². The fourth-order valence-electron chi connectivity index (χ4n) is 3.33. The highest BCUT2D eigenvalue weighted by atomic mass is 19.1. The predicted octanol–water partition coefficient (Wildman–Crippen LogP) is 5.01. The van der Waals surface area contributed by atoms with Gasteiger partial charge in [0.25, 0.3) is 0 Å². The molecule has 0 fully saturated rings. The molecule has 0 atom stereocenters. The van der Waals surface area contributed by atoms with Gasteiger partial charge in [0.05, 0.1) is 11.0 Å². The number of imidazole rings is 1. The molecule has 0 amide bonds. The Hall–Kier alpha value is -3.14. The third kappa shape index (κ3) is 3.56. The normalized spacial score (nSPS) is 11.2. The minimum absolute atomic E-state index is 0.220. The van der Waals surface area contributed by atoms with E-state index < -0.39 is 0 Å². The second-order valence-electron chi connectivity index (χ2n) is 7.08. The van der Waals surface area contributed by atoms with Gasteiger partial charge in [-0.3, -0.25) is 0 Å². The first kappa shape index (κ1) is 17.3. The van der Waals surface area contributed by atoms with E-state index in [1.54, 1.807) is 0 Å². The molecule has 0 unspecified atom stereocenters. The highest BCUT2D eigenvalue weighted by Gasteiger charge is 2.13. The van der Waals surface area contributed by atoms with Crippen molar-refractivity contribution in [3.05, 3.63) is 94.6 Å². The number of fused-ring (bicyclic) bond motifs is 1. The third-order valence-electron chi connectivity index (χ3n) is 5.04. The van der Waals surface area contributed by atoms with Crippen molar-refractivity contribution in [2.45, 2.75) is 26.8 Å². The fourth-order valence-corrected chi connectivity index (χ4v) is 3.33. The standard InChI is InChI=1S/C23H22FN3/c1-15-11-21-22(12-16(15)2)27(14-18-3-7-19(24)8-4-18)23(26-21)13-17-5-9-20(25)10-6-17/h3-12H,13-14,25H2,1-2H3. The number of hydrogen-bond donors (Lipinski definition) is 1. The Labute approximate surface area is 158 Å². The summed E-state index contributed by atoms with van der Waals surface area (Å²) in [6.07, 6.45) is 0.717. The molecular formula is C23H22FN3. The Balaban J connectivity index is 1.80. The van der Waals surface area contributed by atoms with Crippen LogP contribution in [0.5, 0.6) is 0 Å². The average Bonchev–Trinajstić information content (AvgIpc) is 2.96. The number of nitrogens with two attached hydrogens (primary N) is 1. The first-order valence-corrected chi connectivity index (χ1v) is 9.05. The zero-order valence-electron chi connectivity index (χ0n) is 15.5. The topological polar surface area (TPSA) is 43.8 Å². The molecule has 2 N–H and O–H groups in total. The second kappa shape index (κ2) is 6.88. The van der Waals surface area contributed by atoms with E-state index in [9.17, 15) is 4.39 Å². The monoisotopic (exact) mass is 359 g/mol. The highest BCUT2D eigenvalue weighted by molar-refractivity contribution is 5.78. The molecule has 1 aromatic heterocycles. The number of aromatic nitrogens is 2. The van der Waals surface area contributed by atoms with Gasteiger partial charge in [-0.2, -0.15) is 0 Å². The van der Waals surface area contributed by atoms with Gasteiger partial charge in [0.15, 0.2) is 0 Å². The Morgan fingerprint density at radius 1 is 0.889 bits per heavy atom. The number of nitrogen functional groups attached to an aromatic ring is 1. The molecule has 1 heterocycles.